The van der Waals surface area contributed by atoms with Crippen molar-refractivity contribution in [2.24, 2.45) is 10.9 Å². The lowest BCUT2D eigenvalue weighted by atomic mass is 9.69. The van der Waals surface area contributed by atoms with Crippen LogP contribution in [0.2, 0.25) is 0 Å². The number of carbonyl (C=O) groups is 2. The zero-order valence-electron chi connectivity index (χ0n) is 21.5. The Hall–Kier alpha value is -4.20. The number of benzene rings is 3. The number of amides is 1. The number of halogens is 3. The molecule has 0 saturated heterocycles. The normalized spacial score (nSPS) is 21.2. The van der Waals surface area contributed by atoms with Gasteiger partial charge in [-0.15, -0.1) is 0 Å². The van der Waals surface area contributed by atoms with Crippen LogP contribution in [0.25, 0.3) is 0 Å². The second-order valence-electron chi connectivity index (χ2n) is 9.78. The standard InChI is InChI=1S/C31H27F3N2O3/c1-18-27(30(38)36-23-14-8-7-13-22(23)31(32,33)34)28(21-12-6-9-15-26(21)39-2)29-24(35-18)16-20(17-25(29)37)19-10-4-3-5-11-19/h3-15,20,27-28H,16-17H2,1-2H3,(H,36,38)/t20-,27?,28+/m0/s1. The molecule has 8 heteroatoms. The Morgan fingerprint density at radius 3 is 2.33 bits per heavy atom. The van der Waals surface area contributed by atoms with Gasteiger partial charge in [0.25, 0.3) is 0 Å². The van der Waals surface area contributed by atoms with Gasteiger partial charge in [-0.25, -0.2) is 0 Å². The molecule has 200 valence electrons. The van der Waals surface area contributed by atoms with E-state index in [4.69, 9.17) is 9.73 Å². The number of carbonyl (C=O) groups excluding carboxylic acids is 2. The molecule has 0 spiro atoms. The molecule has 2 aliphatic rings. The van der Waals surface area contributed by atoms with E-state index in [1.54, 1.807) is 31.2 Å². The van der Waals surface area contributed by atoms with E-state index >= 15 is 0 Å². The molecule has 1 N–H and O–H groups in total. The number of nitrogens with one attached hydrogen (secondary N) is 1. The highest BCUT2D eigenvalue weighted by atomic mass is 19.4. The third-order valence-corrected chi connectivity index (χ3v) is 7.41. The third kappa shape index (κ3) is 5.11. The summed E-state index contributed by atoms with van der Waals surface area (Å²) in [5.74, 6) is -2.17. The first-order valence-corrected chi connectivity index (χ1v) is 12.7. The molecule has 3 atom stereocenters. The van der Waals surface area contributed by atoms with Crippen molar-refractivity contribution < 1.29 is 27.5 Å². The van der Waals surface area contributed by atoms with Gasteiger partial charge < -0.3 is 10.1 Å². The van der Waals surface area contributed by atoms with Crippen molar-refractivity contribution in [2.75, 3.05) is 12.4 Å². The van der Waals surface area contributed by atoms with Crippen molar-refractivity contribution in [1.82, 2.24) is 0 Å². The summed E-state index contributed by atoms with van der Waals surface area (Å²) in [7, 11) is 1.50. The molecule has 39 heavy (non-hydrogen) atoms. The number of ether oxygens (including phenoxy) is 1. The average molecular weight is 533 g/mol. The predicted octanol–water partition coefficient (Wildman–Crippen LogP) is 6.93. The Balaban J connectivity index is 1.59. The molecular weight excluding hydrogens is 505 g/mol. The summed E-state index contributed by atoms with van der Waals surface area (Å²) in [6.45, 7) is 1.68. The molecule has 1 aliphatic heterocycles. The number of anilines is 1. The average Bonchev–Trinajstić information content (AvgIpc) is 2.92. The van der Waals surface area contributed by atoms with Gasteiger partial charge in [0.15, 0.2) is 5.78 Å². The summed E-state index contributed by atoms with van der Waals surface area (Å²) in [6.07, 6.45) is -3.89. The molecule has 1 heterocycles. The summed E-state index contributed by atoms with van der Waals surface area (Å²) in [5.41, 5.74) is 1.79. The van der Waals surface area contributed by atoms with E-state index < -0.39 is 29.5 Å². The molecule has 3 aromatic carbocycles. The molecule has 5 rings (SSSR count). The Kier molecular flexibility index (Phi) is 7.12. The first-order valence-electron chi connectivity index (χ1n) is 12.7. The number of hydrogen-bond acceptors (Lipinski definition) is 4. The van der Waals surface area contributed by atoms with Gasteiger partial charge in [-0.1, -0.05) is 60.7 Å². The molecule has 1 aliphatic carbocycles. The summed E-state index contributed by atoms with van der Waals surface area (Å²) in [6, 6.07) is 21.7. The smallest absolute Gasteiger partial charge is 0.418 e. The van der Waals surface area contributed by atoms with Gasteiger partial charge in [-0.3, -0.25) is 14.6 Å². The number of Topliss-reactive ketones (excluding diaryl/α,β-unsaturated/α-hetero) is 1. The van der Waals surface area contributed by atoms with Gasteiger partial charge in [-0.2, -0.15) is 13.2 Å². The van der Waals surface area contributed by atoms with Gasteiger partial charge in [0.1, 0.15) is 5.75 Å². The predicted molar refractivity (Wildman–Crippen MR) is 143 cm³/mol. The number of para-hydroxylation sites is 2. The fourth-order valence-corrected chi connectivity index (χ4v) is 5.67. The molecular formula is C31H27F3N2O3. The number of allylic oxidation sites excluding steroid dienone is 2. The molecule has 1 unspecified atom stereocenters. The lowest BCUT2D eigenvalue weighted by Crippen LogP contribution is -2.40. The highest BCUT2D eigenvalue weighted by Gasteiger charge is 2.45. The molecule has 0 aromatic heterocycles. The third-order valence-electron chi connectivity index (χ3n) is 7.41. The van der Waals surface area contributed by atoms with Crippen molar-refractivity contribution in [3.05, 3.63) is 107 Å². The second-order valence-corrected chi connectivity index (χ2v) is 9.78. The lowest BCUT2D eigenvalue weighted by molar-refractivity contribution is -0.137. The van der Waals surface area contributed by atoms with Crippen molar-refractivity contribution in [3.63, 3.8) is 0 Å². The Morgan fingerprint density at radius 2 is 1.62 bits per heavy atom. The quantitative estimate of drug-likeness (QED) is 0.388. The number of methoxy groups -OCH3 is 1. The van der Waals surface area contributed by atoms with Crippen LogP contribution in [0.4, 0.5) is 18.9 Å². The van der Waals surface area contributed by atoms with E-state index in [2.05, 4.69) is 5.32 Å². The molecule has 1 amide bonds. The van der Waals surface area contributed by atoms with Gasteiger partial charge in [0.05, 0.1) is 24.3 Å². The maximum absolute atomic E-state index is 13.8. The van der Waals surface area contributed by atoms with Crippen LogP contribution in [-0.4, -0.2) is 24.5 Å². The highest BCUT2D eigenvalue weighted by molar-refractivity contribution is 6.13. The summed E-state index contributed by atoms with van der Waals surface area (Å²) in [4.78, 5) is 32.3. The van der Waals surface area contributed by atoms with Crippen LogP contribution >= 0.6 is 0 Å². The van der Waals surface area contributed by atoms with E-state index in [9.17, 15) is 22.8 Å². The van der Waals surface area contributed by atoms with Gasteiger partial charge >= 0.3 is 6.18 Å². The Morgan fingerprint density at radius 1 is 0.949 bits per heavy atom. The minimum absolute atomic E-state index is 0.0589. The zero-order valence-corrected chi connectivity index (χ0v) is 21.5. The van der Waals surface area contributed by atoms with E-state index in [0.717, 1.165) is 11.6 Å². The summed E-state index contributed by atoms with van der Waals surface area (Å²) in [5, 5.41) is 2.48. The molecule has 5 nitrogen and oxygen atoms in total. The minimum Gasteiger partial charge on any atom is -0.496 e. The number of rotatable bonds is 5. The second kappa shape index (κ2) is 10.5. The SMILES string of the molecule is COc1ccccc1[C@H]1C2=C(C[C@H](c3ccccc3)CC2=O)N=C(C)C1C(=O)Nc1ccccc1C(F)(F)F. The minimum atomic E-state index is -4.65. The van der Waals surface area contributed by atoms with Crippen molar-refractivity contribution in [1.29, 1.82) is 0 Å². The zero-order chi connectivity index (χ0) is 27.7. The number of nitrogens with zero attached hydrogens (tertiary/aromatic N) is 1. The van der Waals surface area contributed by atoms with Crippen LogP contribution in [0.15, 0.2) is 95.1 Å². The van der Waals surface area contributed by atoms with Crippen LogP contribution in [0.1, 0.15) is 48.3 Å². The monoisotopic (exact) mass is 532 g/mol. The first kappa shape index (κ1) is 26.4. The fourth-order valence-electron chi connectivity index (χ4n) is 5.67. The van der Waals surface area contributed by atoms with Crippen LogP contribution in [0, 0.1) is 5.92 Å². The van der Waals surface area contributed by atoms with Crippen LogP contribution in [0.5, 0.6) is 5.75 Å². The molecule has 3 aromatic rings. The first-order chi connectivity index (χ1) is 18.7. The van der Waals surface area contributed by atoms with E-state index in [1.165, 1.54) is 25.3 Å². The van der Waals surface area contributed by atoms with Crippen molar-refractivity contribution in [2.45, 2.75) is 37.8 Å². The van der Waals surface area contributed by atoms with Crippen LogP contribution < -0.4 is 10.1 Å². The van der Waals surface area contributed by atoms with E-state index in [1.807, 2.05) is 30.3 Å². The van der Waals surface area contributed by atoms with Gasteiger partial charge in [0.2, 0.25) is 5.91 Å². The molecule has 0 radical (unpaired) electrons. The number of alkyl halides is 3. The number of hydrogen-bond donors (Lipinski definition) is 1. The summed E-state index contributed by atoms with van der Waals surface area (Å²) >= 11 is 0. The molecule has 0 saturated carbocycles. The Labute approximate surface area is 224 Å². The maximum Gasteiger partial charge on any atom is 0.418 e. The van der Waals surface area contributed by atoms with E-state index in [0.29, 0.717) is 34.7 Å². The summed E-state index contributed by atoms with van der Waals surface area (Å²) < 4.78 is 46.6. The topological polar surface area (TPSA) is 67.8 Å². The van der Waals surface area contributed by atoms with Gasteiger partial charge in [-0.05, 0) is 43.0 Å². The largest absolute Gasteiger partial charge is 0.496 e. The lowest BCUT2D eigenvalue weighted by Gasteiger charge is -2.37. The van der Waals surface area contributed by atoms with E-state index in [-0.39, 0.29) is 23.8 Å². The number of ketones is 1. The number of aliphatic imine (C=N–C) groups is 1. The molecule has 0 fully saturated rings. The fraction of sp³-hybridized carbons (Fsp3) is 0.258. The van der Waals surface area contributed by atoms with Crippen LogP contribution in [-0.2, 0) is 15.8 Å². The highest BCUT2D eigenvalue weighted by Crippen LogP contribution is 2.48. The van der Waals surface area contributed by atoms with Crippen LogP contribution in [0.3, 0.4) is 0 Å². The van der Waals surface area contributed by atoms with Crippen molar-refractivity contribution >= 4 is 23.1 Å². The van der Waals surface area contributed by atoms with Gasteiger partial charge in [0, 0.05) is 34.9 Å². The molecule has 0 bridgehead atoms. The Bertz CT molecular complexity index is 1480. The van der Waals surface area contributed by atoms with Crippen molar-refractivity contribution in [3.8, 4) is 5.75 Å². The maximum atomic E-state index is 13.8.